The lowest BCUT2D eigenvalue weighted by Crippen LogP contribution is -2.31. The van der Waals surface area contributed by atoms with Crippen LogP contribution in [0.4, 0.5) is 5.95 Å². The number of methoxy groups -OCH3 is 1. The largest absolute Gasteiger partial charge is 0.497 e. The van der Waals surface area contributed by atoms with Crippen molar-refractivity contribution >= 4 is 17.1 Å². The fraction of sp³-hybridized carbons (Fsp3) is 0.389. The Morgan fingerprint density at radius 2 is 1.93 bits per heavy atom. The molecule has 0 saturated heterocycles. The van der Waals surface area contributed by atoms with Crippen LogP contribution in [0.1, 0.15) is 0 Å². The Hall–Kier alpha value is -3.31. The van der Waals surface area contributed by atoms with Gasteiger partial charge in [-0.3, -0.25) is 14.3 Å². The van der Waals surface area contributed by atoms with Gasteiger partial charge in [-0.1, -0.05) is 0 Å². The van der Waals surface area contributed by atoms with Crippen molar-refractivity contribution in [3.05, 3.63) is 45.1 Å². The highest BCUT2D eigenvalue weighted by atomic mass is 16.5. The zero-order valence-corrected chi connectivity index (χ0v) is 16.1. The molecule has 0 saturated carbocycles. The van der Waals surface area contributed by atoms with Crippen LogP contribution in [-0.4, -0.2) is 62.3 Å². The molecule has 0 aliphatic rings. The quantitative estimate of drug-likeness (QED) is 0.365. The van der Waals surface area contributed by atoms with Crippen LogP contribution in [-0.2, 0) is 13.6 Å². The first-order valence-electron chi connectivity index (χ1n) is 8.93. The van der Waals surface area contributed by atoms with Crippen LogP contribution < -0.4 is 26.0 Å². The lowest BCUT2D eigenvalue weighted by atomic mass is 10.3. The van der Waals surface area contributed by atoms with Gasteiger partial charge in [0.2, 0.25) is 5.95 Å². The number of fused-ring (bicyclic) bond motifs is 1. The molecule has 1 unspecified atom stereocenters. The number of aryl methyl sites for hydroxylation is 1. The summed E-state index contributed by atoms with van der Waals surface area (Å²) in [6.45, 7) is -0.00788. The zero-order chi connectivity index (χ0) is 21.0. The number of rotatable bonds is 9. The van der Waals surface area contributed by atoms with E-state index in [1.54, 1.807) is 31.4 Å². The summed E-state index contributed by atoms with van der Waals surface area (Å²) in [5.74, 6) is 1.50. The lowest BCUT2D eigenvalue weighted by Gasteiger charge is -2.16. The molecular weight excluding hydrogens is 382 g/mol. The molecule has 1 aromatic carbocycles. The molecule has 156 valence electrons. The van der Waals surface area contributed by atoms with Gasteiger partial charge in [0, 0.05) is 13.6 Å². The minimum absolute atomic E-state index is 0.0122. The van der Waals surface area contributed by atoms with Gasteiger partial charge in [0.25, 0.3) is 5.56 Å². The maximum Gasteiger partial charge on any atom is 0.329 e. The third-order valence-electron chi connectivity index (χ3n) is 4.30. The number of hydrogen-bond donors (Lipinski definition) is 4. The highest BCUT2D eigenvalue weighted by Crippen LogP contribution is 2.18. The number of aliphatic hydroxyl groups excluding tert-OH is 2. The molecule has 11 nitrogen and oxygen atoms in total. The maximum absolute atomic E-state index is 12.3. The van der Waals surface area contributed by atoms with E-state index >= 15 is 0 Å². The van der Waals surface area contributed by atoms with E-state index < -0.39 is 17.4 Å². The van der Waals surface area contributed by atoms with Gasteiger partial charge in [0.15, 0.2) is 11.2 Å². The Morgan fingerprint density at radius 3 is 2.59 bits per heavy atom. The Balaban J connectivity index is 1.84. The first-order valence-corrected chi connectivity index (χ1v) is 8.93. The van der Waals surface area contributed by atoms with Crippen molar-refractivity contribution < 1.29 is 19.7 Å². The lowest BCUT2D eigenvalue weighted by molar-refractivity contribution is 0.0938. The summed E-state index contributed by atoms with van der Waals surface area (Å²) in [5.41, 5.74) is -0.904. The average Bonchev–Trinajstić information content (AvgIpc) is 3.08. The van der Waals surface area contributed by atoms with Crippen molar-refractivity contribution in [2.45, 2.75) is 12.6 Å². The number of imidazole rings is 1. The molecule has 2 heterocycles. The molecule has 3 aromatic rings. The molecule has 0 radical (unpaired) electrons. The predicted molar refractivity (Wildman–Crippen MR) is 106 cm³/mol. The highest BCUT2D eigenvalue weighted by molar-refractivity contribution is 5.74. The molecular formula is C18H23N5O6. The normalized spacial score (nSPS) is 12.1. The van der Waals surface area contributed by atoms with Gasteiger partial charge in [-0.15, -0.1) is 0 Å². The van der Waals surface area contributed by atoms with Gasteiger partial charge >= 0.3 is 5.69 Å². The molecule has 0 spiro atoms. The minimum atomic E-state index is -0.971. The second-order valence-electron chi connectivity index (χ2n) is 6.33. The van der Waals surface area contributed by atoms with E-state index in [4.69, 9.17) is 14.6 Å². The van der Waals surface area contributed by atoms with Crippen LogP contribution in [0.2, 0.25) is 0 Å². The molecule has 0 amide bonds. The van der Waals surface area contributed by atoms with Gasteiger partial charge in [-0.05, 0) is 24.3 Å². The summed E-state index contributed by atoms with van der Waals surface area (Å²) in [5, 5.41) is 22.4. The molecule has 3 rings (SSSR count). The molecule has 0 bridgehead atoms. The number of hydrogen-bond acceptors (Lipinski definition) is 8. The molecule has 1 atom stereocenters. The summed E-state index contributed by atoms with van der Waals surface area (Å²) in [4.78, 5) is 30.7. The Labute approximate surface area is 165 Å². The summed E-state index contributed by atoms with van der Waals surface area (Å²) in [6, 6.07) is 6.91. The summed E-state index contributed by atoms with van der Waals surface area (Å²) < 4.78 is 13.3. The number of aromatic amines is 1. The van der Waals surface area contributed by atoms with Crippen LogP contribution in [0.3, 0.4) is 0 Å². The fourth-order valence-corrected chi connectivity index (χ4v) is 2.84. The van der Waals surface area contributed by atoms with E-state index in [9.17, 15) is 14.7 Å². The SMILES string of the molecule is COc1ccc(OCC(O)Cn2c(NCCO)nc3c2c(=O)[nH]c(=O)n3C)cc1. The van der Waals surface area contributed by atoms with Crippen molar-refractivity contribution in [2.75, 3.05) is 32.2 Å². The molecule has 0 fully saturated rings. The number of H-pyrrole nitrogens is 1. The molecule has 2 aromatic heterocycles. The number of anilines is 1. The molecule has 4 N–H and O–H groups in total. The van der Waals surface area contributed by atoms with Gasteiger partial charge in [0.05, 0.1) is 20.3 Å². The van der Waals surface area contributed by atoms with E-state index in [2.05, 4.69) is 15.3 Å². The van der Waals surface area contributed by atoms with Crippen molar-refractivity contribution in [1.82, 2.24) is 19.1 Å². The van der Waals surface area contributed by atoms with Crippen LogP contribution >= 0.6 is 0 Å². The first-order chi connectivity index (χ1) is 13.9. The first kappa shape index (κ1) is 20.4. The second kappa shape index (κ2) is 8.80. The van der Waals surface area contributed by atoms with E-state index in [0.29, 0.717) is 11.5 Å². The van der Waals surface area contributed by atoms with Gasteiger partial charge in [0.1, 0.15) is 24.2 Å². The number of aliphatic hydroxyl groups is 2. The van der Waals surface area contributed by atoms with E-state index in [-0.39, 0.29) is 43.4 Å². The number of benzene rings is 1. The van der Waals surface area contributed by atoms with Crippen LogP contribution in [0.15, 0.2) is 33.9 Å². The van der Waals surface area contributed by atoms with Crippen LogP contribution in [0.5, 0.6) is 11.5 Å². The van der Waals surface area contributed by atoms with Crippen LogP contribution in [0, 0.1) is 0 Å². The fourth-order valence-electron chi connectivity index (χ4n) is 2.84. The van der Waals surface area contributed by atoms with Gasteiger partial charge < -0.3 is 29.6 Å². The summed E-state index contributed by atoms with van der Waals surface area (Å²) in [6.07, 6.45) is -0.971. The predicted octanol–water partition coefficient (Wildman–Crippen LogP) is -0.724. The van der Waals surface area contributed by atoms with Crippen LogP contribution in [0.25, 0.3) is 11.2 Å². The average molecular weight is 405 g/mol. The molecule has 11 heteroatoms. The molecule has 0 aliphatic heterocycles. The smallest absolute Gasteiger partial charge is 0.329 e. The number of nitrogens with one attached hydrogen (secondary N) is 2. The van der Waals surface area contributed by atoms with Gasteiger partial charge in [-0.25, -0.2) is 4.79 Å². The monoisotopic (exact) mass is 405 g/mol. The van der Waals surface area contributed by atoms with Crippen molar-refractivity contribution in [2.24, 2.45) is 7.05 Å². The maximum atomic E-state index is 12.3. The van der Waals surface area contributed by atoms with E-state index in [1.807, 2.05) is 0 Å². The second-order valence-corrected chi connectivity index (χ2v) is 6.33. The number of ether oxygens (including phenoxy) is 2. The molecule has 29 heavy (non-hydrogen) atoms. The van der Waals surface area contributed by atoms with Gasteiger partial charge in [-0.2, -0.15) is 4.98 Å². The van der Waals surface area contributed by atoms with E-state index in [0.717, 1.165) is 0 Å². The van der Waals surface area contributed by atoms with Crippen molar-refractivity contribution in [3.63, 3.8) is 0 Å². The Morgan fingerprint density at radius 1 is 1.24 bits per heavy atom. The Bertz CT molecular complexity index is 1090. The van der Waals surface area contributed by atoms with Crippen molar-refractivity contribution in [1.29, 1.82) is 0 Å². The van der Waals surface area contributed by atoms with Crippen molar-refractivity contribution in [3.8, 4) is 11.5 Å². The topological polar surface area (TPSA) is 144 Å². The summed E-state index contributed by atoms with van der Waals surface area (Å²) >= 11 is 0. The minimum Gasteiger partial charge on any atom is -0.497 e. The third-order valence-corrected chi connectivity index (χ3v) is 4.30. The zero-order valence-electron chi connectivity index (χ0n) is 16.1. The summed E-state index contributed by atoms with van der Waals surface area (Å²) in [7, 11) is 3.05. The number of nitrogens with zero attached hydrogens (tertiary/aromatic N) is 3. The standard InChI is InChI=1S/C18H23N5O6/c1-22-15-14(16(26)21-18(22)27)23(17(20-15)19-7-8-24)9-11(25)10-29-13-5-3-12(28-2)4-6-13/h3-6,11,24-25H,7-10H2,1-2H3,(H,19,20)(H,21,26,27). The highest BCUT2D eigenvalue weighted by Gasteiger charge is 2.19. The molecule has 0 aliphatic carbocycles. The Kier molecular flexibility index (Phi) is 6.20. The third kappa shape index (κ3) is 4.41. The van der Waals surface area contributed by atoms with E-state index in [1.165, 1.54) is 16.2 Å². The number of aromatic nitrogens is 4.